The Kier molecular flexibility index (Phi) is 6.33. The summed E-state index contributed by atoms with van der Waals surface area (Å²) in [6.45, 7) is 5.85. The Morgan fingerprint density at radius 1 is 1.25 bits per heavy atom. The average molecular weight is 483 g/mol. The highest BCUT2D eigenvalue weighted by Crippen LogP contribution is 2.34. The van der Waals surface area contributed by atoms with Crippen molar-refractivity contribution in [3.05, 3.63) is 85.7 Å². The van der Waals surface area contributed by atoms with Gasteiger partial charge < -0.3 is 15.3 Å². The number of thiazole rings is 1. The molecule has 32 heavy (non-hydrogen) atoms. The first-order valence-corrected chi connectivity index (χ1v) is 11.9. The third-order valence-electron chi connectivity index (χ3n) is 5.49. The molecule has 0 spiro atoms. The summed E-state index contributed by atoms with van der Waals surface area (Å²) in [5, 5.41) is 1.08. The summed E-state index contributed by atoms with van der Waals surface area (Å²) < 4.78 is 2.42. The zero-order valence-corrected chi connectivity index (χ0v) is 20.4. The zero-order chi connectivity index (χ0) is 23.0. The summed E-state index contributed by atoms with van der Waals surface area (Å²) in [4.78, 5) is 22.0. The summed E-state index contributed by atoms with van der Waals surface area (Å²) in [6.07, 6.45) is 0.742. The fraction of sp³-hybridized carbons (Fsp3) is 0.208. The Labute approximate surface area is 200 Å². The van der Waals surface area contributed by atoms with Crippen molar-refractivity contribution in [3.8, 4) is 11.3 Å². The zero-order valence-electron chi connectivity index (χ0n) is 18.0. The van der Waals surface area contributed by atoms with Gasteiger partial charge in [-0.3, -0.25) is 4.79 Å². The molecule has 1 unspecified atom stereocenters. The number of aromatic amines is 1. The van der Waals surface area contributed by atoms with Crippen LogP contribution in [0, 0.1) is 18.6 Å². The molecule has 5 nitrogen and oxygen atoms in total. The molecule has 0 aliphatic rings. The van der Waals surface area contributed by atoms with Crippen LogP contribution in [0.25, 0.3) is 11.3 Å². The number of H-pyrrole nitrogens is 1. The maximum absolute atomic E-state index is 13.9. The molecule has 0 saturated heterocycles. The second-order valence-electron chi connectivity index (χ2n) is 7.62. The molecular weight excluding hydrogens is 460 g/mol. The molecule has 0 aliphatic heterocycles. The number of aromatic nitrogens is 3. The molecule has 1 atom stereocenters. The number of hydrogen-bond acceptors (Lipinski definition) is 5. The number of carbonyl (C=O) groups excluding carboxylic acids is 1. The predicted octanol–water partition coefficient (Wildman–Crippen LogP) is 6.75. The third-order valence-corrected chi connectivity index (χ3v) is 7.20. The van der Waals surface area contributed by atoms with Crippen LogP contribution in [0.3, 0.4) is 0 Å². The first-order chi connectivity index (χ1) is 15.3. The van der Waals surface area contributed by atoms with E-state index in [1.54, 1.807) is 6.92 Å². The highest BCUT2D eigenvalue weighted by Gasteiger charge is 2.29. The summed E-state index contributed by atoms with van der Waals surface area (Å²) in [7, 11) is 0. The van der Waals surface area contributed by atoms with Crippen molar-refractivity contribution >= 4 is 46.1 Å². The number of rotatable bonds is 6. The van der Waals surface area contributed by atoms with Crippen molar-refractivity contribution in [2.24, 2.45) is 0 Å². The SMILES string of the molecule is CCC(c1ccc(Cl)c(C)c1)n1c(C(=O)c2sc(N)nc2C)c(-c2ccccc2)[nH]c1=S. The van der Waals surface area contributed by atoms with Crippen molar-refractivity contribution < 1.29 is 4.79 Å². The summed E-state index contributed by atoms with van der Waals surface area (Å²) in [6, 6.07) is 15.5. The van der Waals surface area contributed by atoms with Gasteiger partial charge in [0.25, 0.3) is 0 Å². The number of nitrogens with two attached hydrogens (primary N) is 1. The van der Waals surface area contributed by atoms with Crippen LogP contribution in [0.2, 0.25) is 5.02 Å². The fourth-order valence-corrected chi connectivity index (χ4v) is 5.17. The Bertz CT molecular complexity index is 1350. The van der Waals surface area contributed by atoms with Gasteiger partial charge in [0.15, 0.2) is 9.90 Å². The van der Waals surface area contributed by atoms with E-state index in [2.05, 4.69) is 23.0 Å². The van der Waals surface area contributed by atoms with Gasteiger partial charge >= 0.3 is 0 Å². The van der Waals surface area contributed by atoms with Gasteiger partial charge in [0.1, 0.15) is 10.6 Å². The number of anilines is 1. The molecule has 2 aromatic carbocycles. The monoisotopic (exact) mass is 482 g/mol. The standard InChI is InChI=1S/C24H23ClN4OS2/c1-4-18(16-10-11-17(25)13(2)12-16)29-20(21(30)22-14(3)27-23(26)32-22)19(28-24(29)31)15-8-6-5-7-9-15/h5-12,18H,4H2,1-3H3,(H2,26,27)(H,28,31). The molecule has 2 heterocycles. The van der Waals surface area contributed by atoms with Gasteiger partial charge in [0.2, 0.25) is 5.78 Å². The number of carbonyl (C=O) groups is 1. The Morgan fingerprint density at radius 2 is 1.97 bits per heavy atom. The largest absolute Gasteiger partial charge is 0.375 e. The number of halogens is 1. The molecule has 0 bridgehead atoms. The van der Waals surface area contributed by atoms with E-state index < -0.39 is 0 Å². The quantitative estimate of drug-likeness (QED) is 0.235. The van der Waals surface area contributed by atoms with E-state index in [4.69, 9.17) is 29.6 Å². The lowest BCUT2D eigenvalue weighted by molar-refractivity contribution is 0.103. The smallest absolute Gasteiger partial charge is 0.223 e. The molecule has 4 rings (SSSR count). The van der Waals surface area contributed by atoms with Gasteiger partial charge in [-0.15, -0.1) is 0 Å². The molecule has 4 aromatic rings. The first kappa shape index (κ1) is 22.5. The van der Waals surface area contributed by atoms with Gasteiger partial charge in [-0.2, -0.15) is 0 Å². The van der Waals surface area contributed by atoms with Gasteiger partial charge in [-0.1, -0.05) is 72.3 Å². The van der Waals surface area contributed by atoms with Crippen LogP contribution in [0.4, 0.5) is 5.13 Å². The van der Waals surface area contributed by atoms with Crippen molar-refractivity contribution in [1.82, 2.24) is 14.5 Å². The lowest BCUT2D eigenvalue weighted by Crippen LogP contribution is -2.17. The van der Waals surface area contributed by atoms with Gasteiger partial charge in [0.05, 0.1) is 17.4 Å². The highest BCUT2D eigenvalue weighted by atomic mass is 35.5. The van der Waals surface area contributed by atoms with Gasteiger partial charge in [-0.25, -0.2) is 4.98 Å². The predicted molar refractivity (Wildman–Crippen MR) is 134 cm³/mol. The van der Waals surface area contributed by atoms with E-state index in [0.29, 0.717) is 36.9 Å². The van der Waals surface area contributed by atoms with Crippen LogP contribution in [0.15, 0.2) is 48.5 Å². The first-order valence-electron chi connectivity index (χ1n) is 10.2. The van der Waals surface area contributed by atoms with Crippen molar-refractivity contribution in [2.75, 3.05) is 5.73 Å². The minimum Gasteiger partial charge on any atom is -0.375 e. The maximum atomic E-state index is 13.9. The third kappa shape index (κ3) is 4.03. The van der Waals surface area contributed by atoms with E-state index in [1.165, 1.54) is 11.3 Å². The van der Waals surface area contributed by atoms with Crippen molar-refractivity contribution in [2.45, 2.75) is 33.2 Å². The lowest BCUT2D eigenvalue weighted by Gasteiger charge is -2.21. The lowest BCUT2D eigenvalue weighted by atomic mass is 10.00. The van der Waals surface area contributed by atoms with Gasteiger partial charge in [0, 0.05) is 10.6 Å². The average Bonchev–Trinajstić information content (AvgIpc) is 3.30. The summed E-state index contributed by atoms with van der Waals surface area (Å²) in [5.41, 5.74) is 10.6. The summed E-state index contributed by atoms with van der Waals surface area (Å²) in [5.74, 6) is -0.146. The minimum atomic E-state index is -0.146. The van der Waals surface area contributed by atoms with Gasteiger partial charge in [-0.05, 0) is 49.7 Å². The molecule has 0 fully saturated rings. The van der Waals surface area contributed by atoms with Crippen LogP contribution >= 0.6 is 35.2 Å². The molecule has 8 heteroatoms. The highest BCUT2D eigenvalue weighted by molar-refractivity contribution is 7.71. The van der Waals surface area contributed by atoms with Crippen molar-refractivity contribution in [3.63, 3.8) is 0 Å². The van der Waals surface area contributed by atoms with E-state index in [1.807, 2.05) is 54.0 Å². The molecule has 3 N–H and O–H groups in total. The van der Waals surface area contributed by atoms with E-state index in [9.17, 15) is 4.79 Å². The van der Waals surface area contributed by atoms with Crippen LogP contribution < -0.4 is 5.73 Å². The van der Waals surface area contributed by atoms with E-state index in [0.717, 1.165) is 23.1 Å². The maximum Gasteiger partial charge on any atom is 0.223 e. The minimum absolute atomic E-state index is 0.142. The van der Waals surface area contributed by atoms with E-state index >= 15 is 0 Å². The number of aryl methyl sites for hydroxylation is 2. The second kappa shape index (κ2) is 9.02. The second-order valence-corrected chi connectivity index (χ2v) is 9.44. The number of benzene rings is 2. The normalized spacial score (nSPS) is 12.1. The molecule has 0 amide bonds. The van der Waals surface area contributed by atoms with Crippen molar-refractivity contribution in [1.29, 1.82) is 0 Å². The number of ketones is 1. The summed E-state index contributed by atoms with van der Waals surface area (Å²) >= 11 is 13.2. The van der Waals surface area contributed by atoms with Crippen LogP contribution in [0.1, 0.15) is 51.6 Å². The number of nitrogens with one attached hydrogen (secondary N) is 1. The number of nitrogen functional groups attached to an aromatic ring is 1. The topological polar surface area (TPSA) is 76.7 Å². The Morgan fingerprint density at radius 3 is 2.56 bits per heavy atom. The molecule has 0 saturated carbocycles. The molecular formula is C24H23ClN4OS2. The Hall–Kier alpha value is -2.74. The number of nitrogens with zero attached hydrogens (tertiary/aromatic N) is 2. The molecule has 2 aromatic heterocycles. The molecule has 164 valence electrons. The fourth-order valence-electron chi connectivity index (χ4n) is 3.96. The van der Waals surface area contributed by atoms with Crippen LogP contribution in [0.5, 0.6) is 0 Å². The molecule has 0 radical (unpaired) electrons. The van der Waals surface area contributed by atoms with Crippen LogP contribution in [-0.2, 0) is 0 Å². The van der Waals surface area contributed by atoms with Crippen LogP contribution in [-0.4, -0.2) is 20.3 Å². The Balaban J connectivity index is 1.99. The number of imidazole rings is 1. The van der Waals surface area contributed by atoms with E-state index in [-0.39, 0.29) is 11.8 Å². The number of hydrogen-bond donors (Lipinski definition) is 2. The molecule has 0 aliphatic carbocycles.